The van der Waals surface area contributed by atoms with Crippen molar-refractivity contribution in [2.45, 2.75) is 172 Å². The molecular weight excluding hydrogens is 1210 g/mol. The first-order chi connectivity index (χ1) is 41.1. The molecule has 0 aliphatic carbocycles. The van der Waals surface area contributed by atoms with Crippen molar-refractivity contribution in [1.29, 1.82) is 0 Å². The fourth-order valence-electron chi connectivity index (χ4n) is 8.38. The summed E-state index contributed by atoms with van der Waals surface area (Å²) in [6.45, 7) is 44.7. The number of thioether (sulfide) groups is 3. The Morgan fingerprint density at radius 3 is 1.02 bits per heavy atom. The average molecular weight is 1310 g/mol. The molecule has 0 fully saturated rings. The van der Waals surface area contributed by atoms with Crippen molar-refractivity contribution in [3.63, 3.8) is 0 Å². The second-order valence-corrected chi connectivity index (χ2v) is 33.4. The summed E-state index contributed by atoms with van der Waals surface area (Å²) in [4.78, 5) is 29.2. The zero-order valence-corrected chi connectivity index (χ0v) is 61.7. The highest BCUT2D eigenvalue weighted by Crippen LogP contribution is 2.37. The third-order valence-electron chi connectivity index (χ3n) is 14.4. The van der Waals surface area contributed by atoms with E-state index < -0.39 is 5.41 Å². The highest BCUT2D eigenvalue weighted by atomic mass is 32.2. The monoisotopic (exact) mass is 1300 g/mol. The molecule has 89 heavy (non-hydrogen) atoms. The summed E-state index contributed by atoms with van der Waals surface area (Å²) in [5.41, 5.74) is 15.3. The average Bonchev–Trinajstić information content (AvgIpc) is 3.87. The topological polar surface area (TPSA) is 76.0 Å². The van der Waals surface area contributed by atoms with Crippen molar-refractivity contribution >= 4 is 119 Å². The minimum atomic E-state index is -0.487. The molecule has 0 bridgehead atoms. The zero-order chi connectivity index (χ0) is 66.9. The summed E-state index contributed by atoms with van der Waals surface area (Å²) in [7, 11) is 0. The summed E-state index contributed by atoms with van der Waals surface area (Å²) in [5.74, 6) is 2.86. The number of ketones is 1. The Kier molecular flexibility index (Phi) is 28.3. The number of thiocarbonyl (C=S) groups is 3. The van der Waals surface area contributed by atoms with Gasteiger partial charge in [-0.15, -0.1) is 35.3 Å². The van der Waals surface area contributed by atoms with Gasteiger partial charge in [0.2, 0.25) is 0 Å². The molecule has 3 aliphatic heterocycles. The first kappa shape index (κ1) is 75.9. The van der Waals surface area contributed by atoms with E-state index in [1.54, 1.807) is 41.7 Å². The number of esters is 1. The Morgan fingerprint density at radius 2 is 0.742 bits per heavy atom. The van der Waals surface area contributed by atoms with Crippen LogP contribution in [-0.2, 0) is 36.7 Å². The van der Waals surface area contributed by atoms with Crippen molar-refractivity contribution in [2.75, 3.05) is 17.3 Å². The second kappa shape index (κ2) is 33.2. The van der Waals surface area contributed by atoms with Crippen LogP contribution >= 0.6 is 71.9 Å². The van der Waals surface area contributed by atoms with Gasteiger partial charge in [0.05, 0.1) is 16.9 Å². The quantitative estimate of drug-likeness (QED) is 0.0435. The molecule has 0 spiro atoms. The molecule has 474 valence electrons. The molecule has 0 aromatic heterocycles. The van der Waals surface area contributed by atoms with Crippen LogP contribution in [0.15, 0.2) is 169 Å². The summed E-state index contributed by atoms with van der Waals surface area (Å²) >= 11 is 20.5. The van der Waals surface area contributed by atoms with Gasteiger partial charge in [-0.05, 0) is 155 Å². The maximum absolute atomic E-state index is 11.6. The Labute approximate surface area is 565 Å². The van der Waals surface area contributed by atoms with E-state index in [1.165, 1.54) is 54.3 Å². The lowest BCUT2D eigenvalue weighted by atomic mass is 9.86. The van der Waals surface area contributed by atoms with Crippen molar-refractivity contribution in [1.82, 2.24) is 0 Å². The highest BCUT2D eigenvalue weighted by molar-refractivity contribution is 8.10. The van der Waals surface area contributed by atoms with Crippen molar-refractivity contribution < 1.29 is 19.5 Å². The number of hydrogen-bond donors (Lipinski definition) is 1. The van der Waals surface area contributed by atoms with Gasteiger partial charge < -0.3 is 9.94 Å². The van der Waals surface area contributed by atoms with Crippen molar-refractivity contribution in [2.24, 2.45) is 10.6 Å². The fraction of sp³-hybridized carbons (Fsp3) is 0.385. The molecule has 11 heteroatoms. The Morgan fingerprint density at radius 1 is 0.438 bits per heavy atom. The highest BCUT2D eigenvalue weighted by Gasteiger charge is 2.24. The third-order valence-corrected chi connectivity index (χ3v) is 18.6. The minimum Gasteiger partial charge on any atom is -0.426 e. The molecule has 0 saturated carbocycles. The van der Waals surface area contributed by atoms with Gasteiger partial charge >= 0.3 is 5.97 Å². The molecule has 1 N–H and O–H groups in total. The van der Waals surface area contributed by atoms with Crippen LogP contribution in [0.3, 0.4) is 0 Å². The SMILES string of the molecule is CC(=S)c1ccc(C(C)(C)C)cc1.CC(=S)c1ccc(OC(=O)C(C)(C)C)cc1.CC(C)(C)c1ccc(C2=C/C(=N\O)CS2)cc1.CC(C)(C)c1ccc(C2=CC(=O)CS2)cc1.CC(C)(C)c1ccc(C2=CC(=S)CS2)cc1.Cc1ccc(C(C)(C)C)cc1. The maximum atomic E-state index is 11.6. The normalized spacial score (nSPS) is 14.5. The first-order valence-electron chi connectivity index (χ1n) is 30.3. The van der Waals surface area contributed by atoms with Crippen LogP contribution in [0.2, 0.25) is 0 Å². The van der Waals surface area contributed by atoms with Crippen LogP contribution in [0.1, 0.15) is 200 Å². The smallest absolute Gasteiger partial charge is 0.316 e. The predicted octanol–water partition coefficient (Wildman–Crippen LogP) is 22.4. The van der Waals surface area contributed by atoms with E-state index in [4.69, 9.17) is 46.6 Å². The van der Waals surface area contributed by atoms with E-state index in [0.29, 0.717) is 11.5 Å². The fourth-order valence-corrected chi connectivity index (χ4v) is 11.8. The number of carbonyl (C=O) groups excluding carboxylic acids is 2. The van der Waals surface area contributed by atoms with Crippen LogP contribution < -0.4 is 4.74 Å². The number of benzene rings is 6. The van der Waals surface area contributed by atoms with Crippen molar-refractivity contribution in [3.8, 4) is 5.75 Å². The van der Waals surface area contributed by atoms with Gasteiger partial charge in [0.25, 0.3) is 0 Å². The lowest BCUT2D eigenvalue weighted by Crippen LogP contribution is -2.25. The molecule has 6 aromatic carbocycles. The molecular formula is C78H97NO4S6. The van der Waals surface area contributed by atoms with Crippen LogP contribution in [-0.4, -0.2) is 54.5 Å². The summed E-state index contributed by atoms with van der Waals surface area (Å²) in [5, 5.41) is 12.0. The van der Waals surface area contributed by atoms with Gasteiger partial charge in [-0.1, -0.05) is 285 Å². The van der Waals surface area contributed by atoms with E-state index in [1.807, 2.05) is 64.6 Å². The number of hydrogen-bond acceptors (Lipinski definition) is 11. The summed E-state index contributed by atoms with van der Waals surface area (Å²) in [6, 6.07) is 50.5. The van der Waals surface area contributed by atoms with E-state index in [9.17, 15) is 9.59 Å². The number of carbonyl (C=O) groups is 2. The predicted molar refractivity (Wildman–Crippen MR) is 405 cm³/mol. The van der Waals surface area contributed by atoms with Crippen LogP contribution in [0.4, 0.5) is 0 Å². The second-order valence-electron chi connectivity index (χ2n) is 28.6. The minimum absolute atomic E-state index is 0.186. The van der Waals surface area contributed by atoms with Crippen LogP contribution in [0.25, 0.3) is 14.7 Å². The van der Waals surface area contributed by atoms with Gasteiger partial charge in [-0.3, -0.25) is 9.59 Å². The number of rotatable bonds is 6. The molecule has 3 aliphatic rings. The molecule has 6 aromatic rings. The third kappa shape index (κ3) is 25.9. The van der Waals surface area contributed by atoms with Gasteiger partial charge in [-0.2, -0.15) is 0 Å². The molecule has 0 unspecified atom stereocenters. The molecule has 3 heterocycles. The van der Waals surface area contributed by atoms with Crippen LogP contribution in [0.5, 0.6) is 5.75 Å². The number of allylic oxidation sites excluding steroid dienone is 3. The maximum Gasteiger partial charge on any atom is 0.316 e. The Hall–Kier alpha value is -5.53. The van der Waals surface area contributed by atoms with Gasteiger partial charge in [0, 0.05) is 40.8 Å². The van der Waals surface area contributed by atoms with Crippen molar-refractivity contribution in [3.05, 3.63) is 225 Å². The van der Waals surface area contributed by atoms with Crippen LogP contribution in [0, 0.1) is 12.3 Å². The van der Waals surface area contributed by atoms with E-state index in [0.717, 1.165) is 53.4 Å². The van der Waals surface area contributed by atoms with Gasteiger partial charge in [0.15, 0.2) is 5.78 Å². The van der Waals surface area contributed by atoms with E-state index in [-0.39, 0.29) is 38.8 Å². The molecule has 0 radical (unpaired) electrons. The van der Waals surface area contributed by atoms with Gasteiger partial charge in [-0.25, -0.2) is 0 Å². The number of nitrogens with zero attached hydrogens (tertiary/aromatic N) is 1. The number of oxime groups is 1. The Balaban J connectivity index is 0.000000229. The van der Waals surface area contributed by atoms with E-state index in [2.05, 4.69) is 243 Å². The zero-order valence-electron chi connectivity index (χ0n) is 56.8. The first-order valence-corrected chi connectivity index (χ1v) is 34.5. The summed E-state index contributed by atoms with van der Waals surface area (Å²) < 4.78 is 5.23. The summed E-state index contributed by atoms with van der Waals surface area (Å²) in [6.07, 6.45) is 5.81. The molecule has 0 saturated heterocycles. The lowest BCUT2D eigenvalue weighted by Gasteiger charge is -2.19. The largest absolute Gasteiger partial charge is 0.426 e. The molecule has 9 rings (SSSR count). The van der Waals surface area contributed by atoms with E-state index >= 15 is 0 Å². The lowest BCUT2D eigenvalue weighted by molar-refractivity contribution is -0.143. The molecule has 0 amide bonds. The standard InChI is InChI=1S/C14H17NOS.C14H16OS.C14H16S2.C13H16O2S.C12H16S.C11H16/c1-14(2,3)11-6-4-10(5-7-11)13-8-12(15-16)9-17-13;2*1-14(2,3)11-6-4-10(5-7-11)13-8-12(15)9-16-13;1-9(16)10-5-7-11(8-6-10)15-12(14)13(2,3)4;1-9(13)10-5-7-11(8-6-10)12(2,3)4;1-9-5-7-10(8-6-9)11(2,3)4/h4-8,16H,9H2,1-3H3;2*4-8H,9H2,1-3H3;5-8H,1-4H3;5-8H,1-4H3;5-8H,1-4H3/b15-12+;;;;;. The number of aryl methyl sites for hydroxylation is 1. The number of ether oxygens (including phenoxy) is 1. The molecule has 5 nitrogen and oxygen atoms in total. The van der Waals surface area contributed by atoms with Gasteiger partial charge in [0.1, 0.15) is 5.75 Å². The Bertz CT molecular complexity index is 3390. The molecule has 0 atom stereocenters.